The van der Waals surface area contributed by atoms with Crippen molar-refractivity contribution < 1.29 is 16.8 Å². The smallest absolute Gasteiger partial charge is 0.270 e. The number of sulfonamides is 1. The molecule has 0 aliphatic heterocycles. The van der Waals surface area contributed by atoms with Crippen LogP contribution in [0.15, 0.2) is 53.7 Å². The molecule has 0 saturated carbocycles. The third-order valence-electron chi connectivity index (χ3n) is 2.35. The molecule has 0 atom stereocenters. The lowest BCUT2D eigenvalue weighted by Gasteiger charge is -2.01. The fraction of sp³-hybridized carbons (Fsp3) is 0.333. The Morgan fingerprint density at radius 1 is 1.00 bits per heavy atom. The first-order valence-electron chi connectivity index (χ1n) is 7.42. The molecule has 0 aromatic carbocycles. The standard InChI is InChI=1S/C6H8N4O2S2.C4H3ClO2S2.C2H6N4/c7-10-8-3-4-9-14(11,12)6-2-1-5-13-6;5-9(6,7)4-2-1-3-8-4;3-1-2-5-6-4/h1-2,5,9H,3-4H2;1-3H;1-3H2. The molecule has 2 heterocycles. The van der Waals surface area contributed by atoms with Crippen molar-refractivity contribution >= 4 is 52.4 Å². The number of nitrogens with two attached hydrogens (primary N) is 1. The van der Waals surface area contributed by atoms with Gasteiger partial charge in [0.2, 0.25) is 10.0 Å². The van der Waals surface area contributed by atoms with E-state index in [1.54, 1.807) is 22.9 Å². The maximum absolute atomic E-state index is 11.4. The fourth-order valence-corrected chi connectivity index (χ4v) is 5.12. The van der Waals surface area contributed by atoms with Crippen molar-refractivity contribution in [1.29, 1.82) is 0 Å². The minimum Gasteiger partial charge on any atom is -0.330 e. The highest BCUT2D eigenvalue weighted by atomic mass is 35.7. The van der Waals surface area contributed by atoms with E-state index in [0.29, 0.717) is 13.1 Å². The number of nitrogens with one attached hydrogen (secondary N) is 1. The molecule has 160 valence electrons. The summed E-state index contributed by atoms with van der Waals surface area (Å²) in [4.78, 5) is 4.98. The summed E-state index contributed by atoms with van der Waals surface area (Å²) in [5.74, 6) is 0. The van der Waals surface area contributed by atoms with Gasteiger partial charge in [-0.25, -0.2) is 21.6 Å². The molecule has 0 radical (unpaired) electrons. The highest BCUT2D eigenvalue weighted by molar-refractivity contribution is 8.15. The zero-order valence-electron chi connectivity index (χ0n) is 14.7. The zero-order chi connectivity index (χ0) is 22.2. The molecule has 0 bridgehead atoms. The first-order valence-corrected chi connectivity index (χ1v) is 13.0. The Labute approximate surface area is 180 Å². The molecule has 0 spiro atoms. The highest BCUT2D eigenvalue weighted by Crippen LogP contribution is 2.19. The number of nitrogens with zero attached hydrogens (tertiary/aromatic N) is 6. The highest BCUT2D eigenvalue weighted by Gasteiger charge is 2.13. The van der Waals surface area contributed by atoms with Crippen LogP contribution >= 0.6 is 33.4 Å². The second kappa shape index (κ2) is 15.0. The molecule has 0 amide bonds. The van der Waals surface area contributed by atoms with Gasteiger partial charge in [0.15, 0.2) is 0 Å². The molecule has 12 nitrogen and oxygen atoms in total. The number of azide groups is 2. The Bertz CT molecular complexity index is 997. The molecule has 2 aromatic rings. The largest absolute Gasteiger partial charge is 0.330 e. The summed E-state index contributed by atoms with van der Waals surface area (Å²) in [6.07, 6.45) is 0. The fourth-order valence-electron chi connectivity index (χ4n) is 1.27. The van der Waals surface area contributed by atoms with Gasteiger partial charge in [0.1, 0.15) is 8.42 Å². The first-order chi connectivity index (χ1) is 13.7. The summed E-state index contributed by atoms with van der Waals surface area (Å²) >= 11 is 2.25. The van der Waals surface area contributed by atoms with Gasteiger partial charge in [0, 0.05) is 40.1 Å². The molecule has 0 aliphatic rings. The third-order valence-corrected chi connectivity index (χ3v) is 8.21. The van der Waals surface area contributed by atoms with E-state index in [2.05, 4.69) is 24.8 Å². The second-order valence-electron chi connectivity index (χ2n) is 4.40. The quantitative estimate of drug-likeness (QED) is 0.183. The van der Waals surface area contributed by atoms with Crippen LogP contribution in [0.1, 0.15) is 0 Å². The van der Waals surface area contributed by atoms with Crippen molar-refractivity contribution in [2.75, 3.05) is 26.2 Å². The molecule has 0 fully saturated rings. The maximum Gasteiger partial charge on any atom is 0.270 e. The van der Waals surface area contributed by atoms with E-state index >= 15 is 0 Å². The minimum absolute atomic E-state index is 0.112. The number of halogens is 1. The molecule has 0 aliphatic carbocycles. The van der Waals surface area contributed by atoms with Gasteiger partial charge < -0.3 is 5.73 Å². The predicted molar refractivity (Wildman–Crippen MR) is 114 cm³/mol. The molecule has 2 rings (SSSR count). The number of hydrogen-bond acceptors (Lipinski definition) is 9. The molecule has 0 saturated heterocycles. The van der Waals surface area contributed by atoms with E-state index in [0.717, 1.165) is 22.7 Å². The molecule has 2 aromatic heterocycles. The van der Waals surface area contributed by atoms with E-state index in [1.165, 1.54) is 12.1 Å². The zero-order valence-corrected chi connectivity index (χ0v) is 18.7. The monoisotopic (exact) mass is 500 g/mol. The van der Waals surface area contributed by atoms with Crippen LogP contribution in [0.25, 0.3) is 20.9 Å². The van der Waals surface area contributed by atoms with Gasteiger partial charge >= 0.3 is 0 Å². The van der Waals surface area contributed by atoms with Gasteiger partial charge in [-0.1, -0.05) is 22.4 Å². The van der Waals surface area contributed by atoms with Crippen LogP contribution < -0.4 is 10.5 Å². The van der Waals surface area contributed by atoms with Crippen molar-refractivity contribution in [3.63, 3.8) is 0 Å². The first kappa shape index (κ1) is 27.1. The van der Waals surface area contributed by atoms with Crippen molar-refractivity contribution in [3.05, 3.63) is 55.9 Å². The lowest BCUT2D eigenvalue weighted by atomic mass is 10.7. The van der Waals surface area contributed by atoms with Crippen LogP contribution in [0.3, 0.4) is 0 Å². The lowest BCUT2D eigenvalue weighted by Crippen LogP contribution is -2.25. The van der Waals surface area contributed by atoms with Crippen LogP contribution in [0.5, 0.6) is 0 Å². The van der Waals surface area contributed by atoms with Crippen molar-refractivity contribution in [2.24, 2.45) is 16.0 Å². The van der Waals surface area contributed by atoms with Crippen LogP contribution in [0.2, 0.25) is 0 Å². The Hall–Kier alpha value is -1.87. The summed E-state index contributed by atoms with van der Waals surface area (Å²) in [6, 6.07) is 6.28. The second-order valence-corrected chi connectivity index (χ2v) is 11.1. The van der Waals surface area contributed by atoms with Crippen LogP contribution in [0.4, 0.5) is 0 Å². The van der Waals surface area contributed by atoms with Crippen molar-refractivity contribution in [3.8, 4) is 0 Å². The lowest BCUT2D eigenvalue weighted by molar-refractivity contribution is 0.584. The maximum atomic E-state index is 11.4. The Morgan fingerprint density at radius 3 is 1.86 bits per heavy atom. The summed E-state index contributed by atoms with van der Waals surface area (Å²) in [5, 5.41) is 9.70. The average molecular weight is 501 g/mol. The molecule has 0 unspecified atom stereocenters. The van der Waals surface area contributed by atoms with Gasteiger partial charge in [0.05, 0.1) is 0 Å². The molecule has 3 N–H and O–H groups in total. The van der Waals surface area contributed by atoms with E-state index < -0.39 is 19.1 Å². The van der Waals surface area contributed by atoms with Gasteiger partial charge in [0.25, 0.3) is 9.05 Å². The molecule has 17 heteroatoms. The molecular weight excluding hydrogens is 484 g/mol. The van der Waals surface area contributed by atoms with Gasteiger partial charge in [-0.15, -0.1) is 22.7 Å². The van der Waals surface area contributed by atoms with E-state index in [-0.39, 0.29) is 21.5 Å². The van der Waals surface area contributed by atoms with E-state index in [9.17, 15) is 16.8 Å². The summed E-state index contributed by atoms with van der Waals surface area (Å²) in [5.41, 5.74) is 20.5. The summed E-state index contributed by atoms with van der Waals surface area (Å²) < 4.78 is 46.6. The van der Waals surface area contributed by atoms with Crippen molar-refractivity contribution in [2.45, 2.75) is 8.42 Å². The minimum atomic E-state index is -3.47. The molecular formula is C12H17ClN8O4S4. The van der Waals surface area contributed by atoms with Crippen LogP contribution in [0, 0.1) is 0 Å². The Morgan fingerprint density at radius 2 is 1.52 bits per heavy atom. The van der Waals surface area contributed by atoms with Crippen LogP contribution in [-0.2, 0) is 19.1 Å². The number of thiophene rings is 2. The molecule has 29 heavy (non-hydrogen) atoms. The predicted octanol–water partition coefficient (Wildman–Crippen LogP) is 3.27. The summed E-state index contributed by atoms with van der Waals surface area (Å²) in [6.45, 7) is 1.06. The Kier molecular flexibility index (Phi) is 14.1. The number of hydrogen-bond donors (Lipinski definition) is 2. The van der Waals surface area contributed by atoms with Gasteiger partial charge in [-0.3, -0.25) is 0 Å². The Balaban J connectivity index is 0.000000448. The van der Waals surface area contributed by atoms with E-state index in [1.807, 2.05) is 0 Å². The summed E-state index contributed by atoms with van der Waals surface area (Å²) in [7, 11) is -1.90. The normalized spacial score (nSPS) is 10.3. The number of rotatable bonds is 8. The third kappa shape index (κ3) is 13.1. The van der Waals surface area contributed by atoms with Crippen molar-refractivity contribution in [1.82, 2.24) is 4.72 Å². The van der Waals surface area contributed by atoms with E-state index in [4.69, 9.17) is 27.5 Å². The van der Waals surface area contributed by atoms with Gasteiger partial charge in [-0.2, -0.15) is 0 Å². The SMILES string of the molecule is O=S(=O)(Cl)c1cccs1.[N-]=[N+]=NCCN.[N-]=[N+]=NCCNS(=O)(=O)c1cccs1. The average Bonchev–Trinajstić information content (AvgIpc) is 3.38. The van der Waals surface area contributed by atoms with Crippen LogP contribution in [-0.4, -0.2) is 43.0 Å². The van der Waals surface area contributed by atoms with Gasteiger partial charge in [-0.05, 0) is 40.5 Å². The topological polar surface area (TPSA) is 204 Å².